The van der Waals surface area contributed by atoms with E-state index in [0.717, 1.165) is 51.5 Å². The number of likely N-dealkylation sites (N-methyl/N-ethyl adjacent to an activating group) is 1. The summed E-state index contributed by atoms with van der Waals surface area (Å²) in [5.74, 6) is 0.893. The zero-order valence-electron chi connectivity index (χ0n) is 17.2. The normalized spacial score (nSPS) is 11.5. The van der Waals surface area contributed by atoms with Gasteiger partial charge < -0.3 is 15.5 Å². The topological polar surface area (TPSA) is 57.5 Å². The van der Waals surface area contributed by atoms with Gasteiger partial charge in [0.05, 0.1) is 6.20 Å². The number of nitrogens with one attached hydrogen (secondary N) is 2. The van der Waals surface area contributed by atoms with Crippen LogP contribution < -0.4 is 15.5 Å². The fraction of sp³-hybridized carbons (Fsp3) is 0.524. The molecule has 0 bridgehead atoms. The predicted molar refractivity (Wildman–Crippen MR) is 115 cm³/mol. The predicted octanol–water partition coefficient (Wildman–Crippen LogP) is 2.74. The molecule has 2 aromatic rings. The van der Waals surface area contributed by atoms with Crippen LogP contribution in [0.3, 0.4) is 0 Å². The molecular formula is C21H34N6. The summed E-state index contributed by atoms with van der Waals surface area (Å²) < 4.78 is 1.85. The van der Waals surface area contributed by atoms with E-state index in [0.29, 0.717) is 0 Å². The molecule has 0 aliphatic heterocycles. The van der Waals surface area contributed by atoms with Crippen molar-refractivity contribution in [3.05, 3.63) is 47.8 Å². The van der Waals surface area contributed by atoms with Crippen LogP contribution in [-0.4, -0.2) is 48.5 Å². The summed E-state index contributed by atoms with van der Waals surface area (Å²) in [6.45, 7) is 10.9. The smallest absolute Gasteiger partial charge is 0.191 e. The van der Waals surface area contributed by atoms with E-state index < -0.39 is 0 Å². The lowest BCUT2D eigenvalue weighted by molar-refractivity contribution is 0.744. The number of rotatable bonds is 10. The van der Waals surface area contributed by atoms with Crippen molar-refractivity contribution in [2.24, 2.45) is 12.0 Å². The number of aromatic nitrogens is 2. The molecule has 0 aliphatic rings. The van der Waals surface area contributed by atoms with E-state index in [1.807, 2.05) is 17.9 Å². The Bertz CT molecular complexity index is 706. The van der Waals surface area contributed by atoms with Gasteiger partial charge in [0.1, 0.15) is 0 Å². The summed E-state index contributed by atoms with van der Waals surface area (Å²) in [6, 6.07) is 8.67. The lowest BCUT2D eigenvalue weighted by Gasteiger charge is -2.24. The molecule has 0 spiro atoms. The summed E-state index contributed by atoms with van der Waals surface area (Å²) in [5, 5.41) is 11.0. The number of hydrogen-bond donors (Lipinski definition) is 2. The maximum absolute atomic E-state index is 4.69. The van der Waals surface area contributed by atoms with Crippen LogP contribution >= 0.6 is 0 Å². The number of benzene rings is 1. The van der Waals surface area contributed by atoms with E-state index in [2.05, 4.69) is 71.9 Å². The molecule has 1 aromatic carbocycles. The largest absolute Gasteiger partial charge is 0.370 e. The second-order valence-corrected chi connectivity index (χ2v) is 6.73. The Morgan fingerprint density at radius 3 is 2.78 bits per heavy atom. The molecule has 27 heavy (non-hydrogen) atoms. The van der Waals surface area contributed by atoms with Crippen LogP contribution in [0.1, 0.15) is 31.4 Å². The van der Waals surface area contributed by atoms with Gasteiger partial charge in [-0.15, -0.1) is 0 Å². The van der Waals surface area contributed by atoms with Gasteiger partial charge in [-0.05, 0) is 56.9 Å². The summed E-state index contributed by atoms with van der Waals surface area (Å²) in [7, 11) is 1.95. The van der Waals surface area contributed by atoms with Gasteiger partial charge in [-0.25, -0.2) is 0 Å². The van der Waals surface area contributed by atoms with Gasteiger partial charge in [-0.2, -0.15) is 5.10 Å². The summed E-state index contributed by atoms with van der Waals surface area (Å²) >= 11 is 0. The monoisotopic (exact) mass is 370 g/mol. The number of hydrogen-bond acceptors (Lipinski definition) is 3. The Balaban J connectivity index is 1.78. The lowest BCUT2D eigenvalue weighted by atomic mass is 10.2. The van der Waals surface area contributed by atoms with E-state index >= 15 is 0 Å². The first-order valence-electron chi connectivity index (χ1n) is 9.93. The number of aliphatic imine (C=N–C) groups is 1. The molecular weight excluding hydrogens is 336 g/mol. The second-order valence-electron chi connectivity index (χ2n) is 6.73. The van der Waals surface area contributed by atoms with Crippen molar-refractivity contribution in [3.8, 4) is 0 Å². The summed E-state index contributed by atoms with van der Waals surface area (Å²) in [5.41, 5.74) is 3.84. The molecule has 0 fully saturated rings. The standard InChI is InChI=1S/C21H34N6/c1-5-22-21(23-12-8-10-19-16-25-26(4)17-19)24-13-14-27(6-2)20-11-7-9-18(3)15-20/h7,9,11,15-17H,5-6,8,10,12-14H2,1-4H3,(H2,22,23,24). The second kappa shape index (κ2) is 11.3. The number of nitrogens with zero attached hydrogens (tertiary/aromatic N) is 4. The van der Waals surface area contributed by atoms with Crippen LogP contribution in [0.2, 0.25) is 0 Å². The van der Waals surface area contributed by atoms with Crippen LogP contribution in [0.15, 0.2) is 41.7 Å². The Kier molecular flexibility index (Phi) is 8.68. The van der Waals surface area contributed by atoms with E-state index in [-0.39, 0.29) is 0 Å². The first-order valence-corrected chi connectivity index (χ1v) is 9.93. The minimum atomic E-state index is 0.805. The average Bonchev–Trinajstić information content (AvgIpc) is 3.07. The Morgan fingerprint density at radius 1 is 1.26 bits per heavy atom. The summed E-state index contributed by atoms with van der Waals surface area (Å²) in [6.07, 6.45) is 6.02. The molecule has 0 atom stereocenters. The van der Waals surface area contributed by atoms with Crippen molar-refractivity contribution < 1.29 is 0 Å². The van der Waals surface area contributed by atoms with Crippen LogP contribution in [0.25, 0.3) is 0 Å². The third-order valence-electron chi connectivity index (χ3n) is 4.42. The highest BCUT2D eigenvalue weighted by Crippen LogP contribution is 2.14. The molecule has 0 saturated heterocycles. The Labute approximate surface area is 163 Å². The van der Waals surface area contributed by atoms with Crippen molar-refractivity contribution in [1.29, 1.82) is 0 Å². The third-order valence-corrected chi connectivity index (χ3v) is 4.42. The van der Waals surface area contributed by atoms with Crippen molar-refractivity contribution in [1.82, 2.24) is 20.4 Å². The van der Waals surface area contributed by atoms with Gasteiger partial charge in [0.2, 0.25) is 0 Å². The van der Waals surface area contributed by atoms with Crippen LogP contribution in [0.4, 0.5) is 5.69 Å². The van der Waals surface area contributed by atoms with Crippen LogP contribution in [-0.2, 0) is 13.5 Å². The van der Waals surface area contributed by atoms with Gasteiger partial charge in [0.25, 0.3) is 0 Å². The SMILES string of the molecule is CCNC(=NCCCc1cnn(C)c1)NCCN(CC)c1cccc(C)c1. The Hall–Kier alpha value is -2.50. The summed E-state index contributed by atoms with van der Waals surface area (Å²) in [4.78, 5) is 7.07. The van der Waals surface area contributed by atoms with Crippen molar-refractivity contribution in [2.75, 3.05) is 37.6 Å². The maximum Gasteiger partial charge on any atom is 0.191 e. The molecule has 2 N–H and O–H groups in total. The molecule has 148 valence electrons. The van der Waals surface area contributed by atoms with Gasteiger partial charge in [0.15, 0.2) is 5.96 Å². The molecule has 0 aliphatic carbocycles. The molecule has 0 radical (unpaired) electrons. The molecule has 1 heterocycles. The van der Waals surface area contributed by atoms with Crippen molar-refractivity contribution >= 4 is 11.6 Å². The zero-order chi connectivity index (χ0) is 19.5. The minimum absolute atomic E-state index is 0.805. The molecule has 0 unspecified atom stereocenters. The van der Waals surface area contributed by atoms with Crippen LogP contribution in [0.5, 0.6) is 0 Å². The molecule has 6 heteroatoms. The number of aryl methyl sites for hydroxylation is 3. The van der Waals surface area contributed by atoms with Gasteiger partial charge >= 0.3 is 0 Å². The van der Waals surface area contributed by atoms with E-state index in [1.165, 1.54) is 16.8 Å². The molecule has 2 rings (SSSR count). The van der Waals surface area contributed by atoms with E-state index in [1.54, 1.807) is 0 Å². The molecule has 0 saturated carbocycles. The van der Waals surface area contributed by atoms with Gasteiger partial charge in [0, 0.05) is 51.7 Å². The fourth-order valence-corrected chi connectivity index (χ4v) is 3.02. The van der Waals surface area contributed by atoms with Crippen molar-refractivity contribution in [2.45, 2.75) is 33.6 Å². The third kappa shape index (κ3) is 7.33. The highest BCUT2D eigenvalue weighted by molar-refractivity contribution is 5.79. The molecule has 0 amide bonds. The van der Waals surface area contributed by atoms with Gasteiger partial charge in [-0.1, -0.05) is 12.1 Å². The first-order chi connectivity index (χ1) is 13.1. The quantitative estimate of drug-likeness (QED) is 0.384. The zero-order valence-corrected chi connectivity index (χ0v) is 17.2. The van der Waals surface area contributed by atoms with Crippen molar-refractivity contribution in [3.63, 3.8) is 0 Å². The molecule has 6 nitrogen and oxygen atoms in total. The van der Waals surface area contributed by atoms with Crippen LogP contribution in [0, 0.1) is 6.92 Å². The highest BCUT2D eigenvalue weighted by Gasteiger charge is 2.05. The number of anilines is 1. The van der Waals surface area contributed by atoms with E-state index in [9.17, 15) is 0 Å². The lowest BCUT2D eigenvalue weighted by Crippen LogP contribution is -2.41. The molecule has 1 aromatic heterocycles. The average molecular weight is 371 g/mol. The first kappa shape index (κ1) is 20.8. The highest BCUT2D eigenvalue weighted by atomic mass is 15.2. The Morgan fingerprint density at radius 2 is 2.11 bits per heavy atom. The minimum Gasteiger partial charge on any atom is -0.370 e. The van der Waals surface area contributed by atoms with Gasteiger partial charge in [-0.3, -0.25) is 9.67 Å². The maximum atomic E-state index is 4.69. The van der Waals surface area contributed by atoms with E-state index in [4.69, 9.17) is 4.99 Å². The fourth-order valence-electron chi connectivity index (χ4n) is 3.02. The number of guanidine groups is 1.